The van der Waals surface area contributed by atoms with Gasteiger partial charge in [-0.15, -0.1) is 0 Å². The predicted octanol–water partition coefficient (Wildman–Crippen LogP) is 1.57. The summed E-state index contributed by atoms with van der Waals surface area (Å²) in [5.41, 5.74) is 0.320. The smallest absolute Gasteiger partial charge is 0.166 e. The van der Waals surface area contributed by atoms with Crippen LogP contribution in [-0.2, 0) is 0 Å². The summed E-state index contributed by atoms with van der Waals surface area (Å²) in [5, 5.41) is 15.3. The third-order valence-electron chi connectivity index (χ3n) is 1.67. The van der Waals surface area contributed by atoms with E-state index >= 15 is 0 Å². The zero-order valence-electron chi connectivity index (χ0n) is 6.00. The zero-order chi connectivity index (χ0) is 8.55. The van der Waals surface area contributed by atoms with Crippen LogP contribution in [0.5, 0.6) is 0 Å². The van der Waals surface area contributed by atoms with E-state index in [4.69, 9.17) is 5.26 Å². The van der Waals surface area contributed by atoms with Gasteiger partial charge in [-0.05, 0) is 12.1 Å². The molecule has 1 aromatic heterocycles. The van der Waals surface area contributed by atoms with Crippen molar-refractivity contribution < 1.29 is 4.39 Å². The van der Waals surface area contributed by atoms with Gasteiger partial charge in [0, 0.05) is 5.39 Å². The van der Waals surface area contributed by atoms with Crippen molar-refractivity contribution in [2.45, 2.75) is 0 Å². The lowest BCUT2D eigenvalue weighted by Gasteiger charge is -1.92. The van der Waals surface area contributed by atoms with E-state index in [-0.39, 0.29) is 11.1 Å². The Labute approximate surface area is 67.4 Å². The third-order valence-corrected chi connectivity index (χ3v) is 1.67. The molecule has 0 amide bonds. The molecule has 58 valence electrons. The van der Waals surface area contributed by atoms with Gasteiger partial charge in [-0.1, -0.05) is 0 Å². The van der Waals surface area contributed by atoms with Crippen molar-refractivity contribution >= 4 is 10.9 Å². The first-order valence-corrected chi connectivity index (χ1v) is 3.34. The molecule has 2 rings (SSSR count). The summed E-state index contributed by atoms with van der Waals surface area (Å²) in [5.74, 6) is -0.535. The van der Waals surface area contributed by atoms with E-state index in [2.05, 4.69) is 10.2 Å². The van der Waals surface area contributed by atoms with Crippen molar-refractivity contribution in [3.8, 4) is 6.07 Å². The minimum absolute atomic E-state index is 0.0340. The summed E-state index contributed by atoms with van der Waals surface area (Å²) >= 11 is 0. The van der Waals surface area contributed by atoms with Gasteiger partial charge in [-0.3, -0.25) is 5.10 Å². The normalized spacial score (nSPS) is 10.0. The first-order chi connectivity index (χ1) is 5.83. The lowest BCUT2D eigenvalue weighted by molar-refractivity contribution is 0.632. The summed E-state index contributed by atoms with van der Waals surface area (Å²) in [6.07, 6.45) is 1.51. The number of aromatic amines is 1. The Balaban J connectivity index is 2.89. The van der Waals surface area contributed by atoms with Crippen molar-refractivity contribution in [1.82, 2.24) is 10.2 Å². The number of nitriles is 1. The largest absolute Gasteiger partial charge is 0.275 e. The lowest BCUT2D eigenvalue weighted by Crippen LogP contribution is -1.84. The topological polar surface area (TPSA) is 52.5 Å². The fourth-order valence-electron chi connectivity index (χ4n) is 1.06. The van der Waals surface area contributed by atoms with Crippen LogP contribution >= 0.6 is 0 Å². The number of nitrogens with one attached hydrogen (secondary N) is 1. The molecule has 12 heavy (non-hydrogen) atoms. The second-order valence-corrected chi connectivity index (χ2v) is 2.37. The average Bonchev–Trinajstić information content (AvgIpc) is 2.53. The van der Waals surface area contributed by atoms with Gasteiger partial charge in [0.05, 0.1) is 11.8 Å². The first kappa shape index (κ1) is 6.80. The van der Waals surface area contributed by atoms with Gasteiger partial charge in [0.2, 0.25) is 0 Å². The number of H-pyrrole nitrogens is 1. The second-order valence-electron chi connectivity index (χ2n) is 2.37. The fourth-order valence-corrected chi connectivity index (χ4v) is 1.06. The number of fused-ring (bicyclic) bond motifs is 1. The molecule has 1 aromatic carbocycles. The number of halogens is 1. The Morgan fingerprint density at radius 3 is 3.08 bits per heavy atom. The van der Waals surface area contributed by atoms with Crippen LogP contribution in [0.4, 0.5) is 4.39 Å². The van der Waals surface area contributed by atoms with Crippen LogP contribution in [0.3, 0.4) is 0 Å². The molecule has 1 heterocycles. The number of hydrogen-bond donors (Lipinski definition) is 1. The first-order valence-electron chi connectivity index (χ1n) is 3.34. The van der Waals surface area contributed by atoms with Crippen LogP contribution in [0.1, 0.15) is 5.56 Å². The Morgan fingerprint density at radius 2 is 2.33 bits per heavy atom. The summed E-state index contributed by atoms with van der Waals surface area (Å²) in [4.78, 5) is 0. The minimum atomic E-state index is -0.535. The van der Waals surface area contributed by atoms with Crippen molar-refractivity contribution in [3.63, 3.8) is 0 Å². The highest BCUT2D eigenvalue weighted by molar-refractivity contribution is 5.79. The molecule has 2 aromatic rings. The fraction of sp³-hybridized carbons (Fsp3) is 0. The molecule has 0 bridgehead atoms. The van der Waals surface area contributed by atoms with E-state index in [0.29, 0.717) is 5.39 Å². The van der Waals surface area contributed by atoms with E-state index in [0.717, 1.165) is 0 Å². The van der Waals surface area contributed by atoms with Gasteiger partial charge in [-0.2, -0.15) is 10.4 Å². The van der Waals surface area contributed by atoms with Gasteiger partial charge in [0.25, 0.3) is 0 Å². The van der Waals surface area contributed by atoms with Gasteiger partial charge in [0.1, 0.15) is 11.6 Å². The molecule has 0 spiro atoms. The maximum absolute atomic E-state index is 13.2. The SMILES string of the molecule is N#Cc1ccc2cn[nH]c2c1F. The van der Waals surface area contributed by atoms with Crippen molar-refractivity contribution in [3.05, 3.63) is 29.7 Å². The monoisotopic (exact) mass is 161 g/mol. The molecule has 0 fully saturated rings. The highest BCUT2D eigenvalue weighted by Gasteiger charge is 2.07. The maximum Gasteiger partial charge on any atom is 0.166 e. The summed E-state index contributed by atoms with van der Waals surface area (Å²) in [6, 6.07) is 4.85. The van der Waals surface area contributed by atoms with E-state index in [1.54, 1.807) is 12.1 Å². The molecule has 0 aliphatic carbocycles. The molecule has 0 saturated carbocycles. The van der Waals surface area contributed by atoms with Crippen molar-refractivity contribution in [2.24, 2.45) is 0 Å². The summed E-state index contributed by atoms with van der Waals surface area (Å²) < 4.78 is 13.2. The molecule has 4 heteroatoms. The molecule has 0 saturated heterocycles. The van der Waals surface area contributed by atoms with E-state index in [1.807, 2.05) is 0 Å². The van der Waals surface area contributed by atoms with Gasteiger partial charge in [-0.25, -0.2) is 4.39 Å². The lowest BCUT2D eigenvalue weighted by atomic mass is 10.2. The molecule has 0 aliphatic heterocycles. The van der Waals surface area contributed by atoms with E-state index in [9.17, 15) is 4.39 Å². The predicted molar refractivity (Wildman–Crippen MR) is 40.8 cm³/mol. The van der Waals surface area contributed by atoms with Crippen molar-refractivity contribution in [1.29, 1.82) is 5.26 Å². The molecule has 0 aliphatic rings. The molecular formula is C8H4FN3. The Hall–Kier alpha value is -1.89. The van der Waals surface area contributed by atoms with E-state index in [1.165, 1.54) is 12.3 Å². The number of rotatable bonds is 0. The van der Waals surface area contributed by atoms with Crippen LogP contribution in [-0.4, -0.2) is 10.2 Å². The average molecular weight is 161 g/mol. The highest BCUT2D eigenvalue weighted by atomic mass is 19.1. The number of aromatic nitrogens is 2. The Morgan fingerprint density at radius 1 is 1.50 bits per heavy atom. The summed E-state index contributed by atoms with van der Waals surface area (Å²) in [7, 11) is 0. The molecule has 3 nitrogen and oxygen atoms in total. The number of nitrogens with zero attached hydrogens (tertiary/aromatic N) is 2. The van der Waals surface area contributed by atoms with Crippen LogP contribution in [0, 0.1) is 17.1 Å². The van der Waals surface area contributed by atoms with Crippen LogP contribution < -0.4 is 0 Å². The van der Waals surface area contributed by atoms with E-state index < -0.39 is 5.82 Å². The standard InChI is InChI=1S/C8H4FN3/c9-7-5(3-10)1-2-6-4-11-12-8(6)7/h1-2,4H,(H,11,12). The molecule has 0 atom stereocenters. The van der Waals surface area contributed by atoms with Crippen LogP contribution in [0.25, 0.3) is 10.9 Å². The molecule has 0 radical (unpaired) electrons. The van der Waals surface area contributed by atoms with Crippen LogP contribution in [0.15, 0.2) is 18.3 Å². The van der Waals surface area contributed by atoms with Gasteiger partial charge < -0.3 is 0 Å². The highest BCUT2D eigenvalue weighted by Crippen LogP contribution is 2.17. The molecule has 1 N–H and O–H groups in total. The quantitative estimate of drug-likeness (QED) is 0.637. The van der Waals surface area contributed by atoms with Crippen molar-refractivity contribution in [2.75, 3.05) is 0 Å². The maximum atomic E-state index is 13.2. The molecular weight excluding hydrogens is 157 g/mol. The minimum Gasteiger partial charge on any atom is -0.275 e. The Bertz CT molecular complexity index is 467. The second kappa shape index (κ2) is 2.31. The van der Waals surface area contributed by atoms with Gasteiger partial charge >= 0.3 is 0 Å². The zero-order valence-corrected chi connectivity index (χ0v) is 6.00. The third kappa shape index (κ3) is 0.768. The Kier molecular flexibility index (Phi) is 1.31. The summed E-state index contributed by atoms with van der Waals surface area (Å²) in [6.45, 7) is 0. The number of hydrogen-bond acceptors (Lipinski definition) is 2. The van der Waals surface area contributed by atoms with Crippen LogP contribution in [0.2, 0.25) is 0 Å². The van der Waals surface area contributed by atoms with Gasteiger partial charge in [0.15, 0.2) is 5.82 Å². The molecule has 0 unspecified atom stereocenters. The number of benzene rings is 1.